The van der Waals surface area contributed by atoms with Gasteiger partial charge in [-0.15, -0.1) is 11.3 Å². The minimum absolute atomic E-state index is 0.0636. The zero-order chi connectivity index (χ0) is 25.9. The van der Waals surface area contributed by atoms with Crippen molar-refractivity contribution >= 4 is 28.3 Å². The van der Waals surface area contributed by atoms with Gasteiger partial charge < -0.3 is 29.2 Å². The number of nitriles is 1. The average molecular weight is 514 g/mol. The van der Waals surface area contributed by atoms with Crippen molar-refractivity contribution in [2.75, 3.05) is 32.2 Å². The minimum Gasteiger partial charge on any atom is -0.496 e. The van der Waals surface area contributed by atoms with E-state index in [-0.39, 0.29) is 31.0 Å². The molecule has 0 radical (unpaired) electrons. The van der Waals surface area contributed by atoms with Crippen molar-refractivity contribution in [3.63, 3.8) is 0 Å². The highest BCUT2D eigenvalue weighted by molar-refractivity contribution is 7.16. The fourth-order valence-electron chi connectivity index (χ4n) is 4.51. The summed E-state index contributed by atoms with van der Waals surface area (Å²) in [6.45, 7) is 6.86. The third kappa shape index (κ3) is 5.81. The van der Waals surface area contributed by atoms with Crippen molar-refractivity contribution in [1.82, 2.24) is 4.90 Å². The molecule has 0 saturated carbocycles. The molecule has 9 nitrogen and oxygen atoms in total. The van der Waals surface area contributed by atoms with Crippen molar-refractivity contribution in [3.05, 3.63) is 45.8 Å². The Morgan fingerprint density at radius 3 is 2.83 bits per heavy atom. The molecule has 1 fully saturated rings. The topological polar surface area (TPSA) is 110 Å². The first kappa shape index (κ1) is 25.9. The molecule has 10 heteroatoms. The number of ether oxygens (including phenoxy) is 4. The third-order valence-corrected chi connectivity index (χ3v) is 7.43. The summed E-state index contributed by atoms with van der Waals surface area (Å²) in [4.78, 5) is 28.0. The predicted molar refractivity (Wildman–Crippen MR) is 134 cm³/mol. The molecule has 1 unspecified atom stereocenters. The second-order valence-corrected chi connectivity index (χ2v) is 10.5. The maximum Gasteiger partial charge on any atom is 0.410 e. The van der Waals surface area contributed by atoms with Crippen LogP contribution in [0.4, 0.5) is 9.80 Å². The van der Waals surface area contributed by atoms with Crippen LogP contribution in [0.2, 0.25) is 0 Å². The summed E-state index contributed by atoms with van der Waals surface area (Å²) >= 11 is 1.34. The van der Waals surface area contributed by atoms with Crippen LogP contribution in [0.15, 0.2) is 24.3 Å². The number of carbonyl (C=O) groups excluding carboxylic acids is 2. The van der Waals surface area contributed by atoms with E-state index >= 15 is 0 Å². The monoisotopic (exact) mass is 513 g/mol. The Balaban J connectivity index is 1.37. The summed E-state index contributed by atoms with van der Waals surface area (Å²) in [5.41, 5.74) is 2.31. The molecule has 2 atom stereocenters. The van der Waals surface area contributed by atoms with E-state index in [9.17, 15) is 14.9 Å². The number of amides is 2. The summed E-state index contributed by atoms with van der Waals surface area (Å²) in [5.74, 6) is -0.175. The van der Waals surface area contributed by atoms with Gasteiger partial charge in [0.1, 0.15) is 29.5 Å². The van der Waals surface area contributed by atoms with Gasteiger partial charge in [-0.25, -0.2) is 4.79 Å². The molecule has 0 bridgehead atoms. The second kappa shape index (κ2) is 10.9. The number of nitrogens with zero attached hydrogens (tertiary/aromatic N) is 2. The van der Waals surface area contributed by atoms with Crippen LogP contribution in [-0.2, 0) is 32.0 Å². The highest BCUT2D eigenvalue weighted by atomic mass is 32.1. The molecule has 1 aromatic heterocycles. The van der Waals surface area contributed by atoms with E-state index < -0.39 is 11.9 Å². The first-order valence-electron chi connectivity index (χ1n) is 11.9. The van der Waals surface area contributed by atoms with Gasteiger partial charge in [-0.1, -0.05) is 25.1 Å². The molecule has 0 spiro atoms. The van der Waals surface area contributed by atoms with Crippen molar-refractivity contribution in [1.29, 1.82) is 5.26 Å². The zero-order valence-corrected chi connectivity index (χ0v) is 21.8. The third-order valence-electron chi connectivity index (χ3n) is 6.30. The summed E-state index contributed by atoms with van der Waals surface area (Å²) in [6, 6.07) is 9.86. The summed E-state index contributed by atoms with van der Waals surface area (Å²) in [6.07, 6.45) is 0.0389. The highest BCUT2D eigenvalue weighted by Gasteiger charge is 2.34. The highest BCUT2D eigenvalue weighted by Crippen LogP contribution is 2.37. The van der Waals surface area contributed by atoms with Crippen LogP contribution in [0.3, 0.4) is 0 Å². The fraction of sp³-hybridized carbons (Fsp3) is 0.500. The van der Waals surface area contributed by atoms with Gasteiger partial charge >= 0.3 is 6.09 Å². The lowest BCUT2D eigenvalue weighted by Gasteiger charge is -2.26. The van der Waals surface area contributed by atoms with Crippen molar-refractivity contribution < 1.29 is 28.5 Å². The van der Waals surface area contributed by atoms with E-state index in [1.807, 2.05) is 45.0 Å². The van der Waals surface area contributed by atoms with Crippen LogP contribution in [0.5, 0.6) is 5.75 Å². The quantitative estimate of drug-likeness (QED) is 0.584. The first-order chi connectivity index (χ1) is 17.2. The number of rotatable bonds is 7. The number of hydrogen-bond donors (Lipinski definition) is 1. The van der Waals surface area contributed by atoms with Gasteiger partial charge in [-0.2, -0.15) is 5.26 Å². The fourth-order valence-corrected chi connectivity index (χ4v) is 5.74. The number of fused-ring (bicyclic) bond motifs is 1. The molecule has 3 heterocycles. The van der Waals surface area contributed by atoms with Crippen molar-refractivity contribution in [2.24, 2.45) is 0 Å². The van der Waals surface area contributed by atoms with Gasteiger partial charge in [0.05, 0.1) is 25.8 Å². The number of carbonyl (C=O) groups is 2. The van der Waals surface area contributed by atoms with Gasteiger partial charge in [0.25, 0.3) is 0 Å². The van der Waals surface area contributed by atoms with Crippen molar-refractivity contribution in [3.8, 4) is 11.8 Å². The lowest BCUT2D eigenvalue weighted by atomic mass is 9.96. The Labute approximate surface area is 214 Å². The Bertz CT molecular complexity index is 1170. The molecular formula is C26H31N3O6S. The summed E-state index contributed by atoms with van der Waals surface area (Å²) in [7, 11) is 1.61. The minimum atomic E-state index is -0.673. The molecule has 4 rings (SSSR count). The first-order valence-corrected chi connectivity index (χ1v) is 12.7. The predicted octanol–water partition coefficient (Wildman–Crippen LogP) is 4.41. The molecule has 2 aliphatic heterocycles. The van der Waals surface area contributed by atoms with Gasteiger partial charge in [0.15, 0.2) is 5.79 Å². The molecule has 2 amide bonds. The van der Waals surface area contributed by atoms with Crippen LogP contribution in [0.25, 0.3) is 0 Å². The molecule has 2 aromatic rings. The van der Waals surface area contributed by atoms with Gasteiger partial charge in [0, 0.05) is 17.8 Å². The number of methoxy groups -OCH3 is 1. The molecule has 1 N–H and O–H groups in total. The molecule has 36 heavy (non-hydrogen) atoms. The lowest BCUT2D eigenvalue weighted by molar-refractivity contribution is -0.143. The molecule has 2 aliphatic rings. The summed E-state index contributed by atoms with van der Waals surface area (Å²) in [5, 5.41) is 13.2. The normalized spacial score (nSPS) is 19.2. The molecule has 1 saturated heterocycles. The van der Waals surface area contributed by atoms with Crippen LogP contribution < -0.4 is 10.1 Å². The van der Waals surface area contributed by atoms with E-state index in [0.29, 0.717) is 36.7 Å². The van der Waals surface area contributed by atoms with Gasteiger partial charge in [0.2, 0.25) is 5.91 Å². The number of anilines is 1. The average Bonchev–Trinajstić information content (AvgIpc) is 3.39. The summed E-state index contributed by atoms with van der Waals surface area (Å²) < 4.78 is 22.0. The van der Waals surface area contributed by atoms with E-state index in [4.69, 9.17) is 18.9 Å². The number of hydrogen-bond acceptors (Lipinski definition) is 8. The largest absolute Gasteiger partial charge is 0.496 e. The Hall–Kier alpha value is -3.13. The maximum absolute atomic E-state index is 12.8. The lowest BCUT2D eigenvalue weighted by Crippen LogP contribution is -2.37. The number of nitrogens with one attached hydrogen (secondary N) is 1. The van der Waals surface area contributed by atoms with E-state index in [2.05, 4.69) is 11.4 Å². The van der Waals surface area contributed by atoms with Crippen LogP contribution in [-0.4, -0.2) is 55.7 Å². The maximum atomic E-state index is 12.8. The van der Waals surface area contributed by atoms with Gasteiger partial charge in [-0.3, -0.25) is 4.79 Å². The Kier molecular flexibility index (Phi) is 7.83. The Morgan fingerprint density at radius 1 is 1.36 bits per heavy atom. The standard InChI is InChI=1S/C26H31N3O6S/c1-16(18-7-5-6-8-21(18)32-4)11-23(30)28-24-20(12-27)19-9-10-29(13-22(19)36-24)25(31)33-14-17-15-34-26(2,3)35-17/h5-8,16-17H,9-11,13-15H2,1-4H3,(H,28,30)/t16-,17?/m0/s1. The zero-order valence-electron chi connectivity index (χ0n) is 21.0. The molecule has 192 valence electrons. The van der Waals surface area contributed by atoms with E-state index in [0.717, 1.165) is 21.8 Å². The van der Waals surface area contributed by atoms with E-state index in [1.54, 1.807) is 12.0 Å². The molecular weight excluding hydrogens is 482 g/mol. The van der Waals surface area contributed by atoms with Gasteiger partial charge in [-0.05, 0) is 43.4 Å². The van der Waals surface area contributed by atoms with Crippen LogP contribution in [0, 0.1) is 11.3 Å². The number of benzene rings is 1. The van der Waals surface area contributed by atoms with Crippen molar-refractivity contribution in [2.45, 2.75) is 58.0 Å². The number of para-hydroxylation sites is 1. The SMILES string of the molecule is COc1ccccc1[C@@H](C)CC(=O)Nc1sc2c(c1C#N)CCN(C(=O)OCC1COC(C)(C)O1)C2. The number of thiophene rings is 1. The smallest absolute Gasteiger partial charge is 0.410 e. The second-order valence-electron chi connectivity index (χ2n) is 9.41. The molecule has 1 aromatic carbocycles. The van der Waals surface area contributed by atoms with E-state index in [1.165, 1.54) is 11.3 Å². The Morgan fingerprint density at radius 2 is 2.14 bits per heavy atom. The van der Waals surface area contributed by atoms with Crippen LogP contribution in [0.1, 0.15) is 54.7 Å². The van der Waals surface area contributed by atoms with Crippen LogP contribution >= 0.6 is 11.3 Å². The molecule has 0 aliphatic carbocycles.